The largest absolute Gasteiger partial charge is 0.497 e. The molecule has 4 rings (SSSR count). The average molecular weight is 559 g/mol. The molecule has 4 aromatic rings. The lowest BCUT2D eigenvalue weighted by atomic mass is 9.92. The summed E-state index contributed by atoms with van der Waals surface area (Å²) in [7, 11) is 1.56. The van der Waals surface area contributed by atoms with E-state index < -0.39 is 35.4 Å². The van der Waals surface area contributed by atoms with Gasteiger partial charge in [0.05, 0.1) is 24.8 Å². The summed E-state index contributed by atoms with van der Waals surface area (Å²) in [6.45, 7) is 2.92. The van der Waals surface area contributed by atoms with Crippen LogP contribution in [0.4, 0.5) is 13.2 Å². The minimum Gasteiger partial charge on any atom is -0.497 e. The summed E-state index contributed by atoms with van der Waals surface area (Å²) in [5.74, 6) is 0.411. The molecule has 0 spiro atoms. The Balaban J connectivity index is 1.62. The van der Waals surface area contributed by atoms with Crippen LogP contribution in [0.15, 0.2) is 77.6 Å². The monoisotopic (exact) mass is 558 g/mol. The molecule has 0 unspecified atom stereocenters. The fourth-order valence-electron chi connectivity index (χ4n) is 4.09. The zero-order valence-electron chi connectivity index (χ0n) is 21.4. The van der Waals surface area contributed by atoms with Crippen LogP contribution in [-0.4, -0.2) is 27.4 Å². The highest BCUT2D eigenvalue weighted by molar-refractivity contribution is 6.30. The number of hydrogen-bond acceptors (Lipinski definition) is 4. The quantitative estimate of drug-likeness (QED) is 0.310. The average Bonchev–Trinajstić information content (AvgIpc) is 3.18. The molecule has 1 N–H and O–H groups in total. The molecule has 11 heteroatoms. The van der Waals surface area contributed by atoms with Crippen LogP contribution < -0.4 is 15.7 Å². The minimum atomic E-state index is -4.52. The molecule has 0 radical (unpaired) electrons. The molecule has 3 aromatic carbocycles. The van der Waals surface area contributed by atoms with E-state index in [2.05, 4.69) is 10.4 Å². The van der Waals surface area contributed by atoms with Crippen LogP contribution in [-0.2, 0) is 29.6 Å². The number of carbonyl (C=O) groups excluding carboxylic acids is 1. The molecule has 0 saturated heterocycles. The highest BCUT2D eigenvalue weighted by atomic mass is 35.5. The standard InChI is InChI=1S/C28H26ClF3N4O3/c1-27(2,20-5-4-6-21(15-20)28(30,31)32)33-24(37)17-36-26(38)35(16-18-7-13-23(39-3)14-8-18)25(34-36)19-9-11-22(29)12-10-19/h4-15H,16-17H2,1-3H3,(H,33,37). The SMILES string of the molecule is COc1ccc(Cn2c(-c3ccc(Cl)cc3)nn(CC(=O)NC(C)(C)c3cccc(C(F)(F)F)c3)c2=O)cc1. The van der Waals surface area contributed by atoms with Gasteiger partial charge in [-0.15, -0.1) is 5.10 Å². The maximum absolute atomic E-state index is 13.4. The number of methoxy groups -OCH3 is 1. The molecule has 0 bridgehead atoms. The van der Waals surface area contributed by atoms with Crippen molar-refractivity contribution in [3.8, 4) is 17.1 Å². The van der Waals surface area contributed by atoms with Crippen molar-refractivity contribution in [1.29, 1.82) is 0 Å². The van der Waals surface area contributed by atoms with Gasteiger partial charge in [-0.3, -0.25) is 9.36 Å². The lowest BCUT2D eigenvalue weighted by Crippen LogP contribution is -2.44. The number of nitrogens with one attached hydrogen (secondary N) is 1. The van der Waals surface area contributed by atoms with Gasteiger partial charge in [-0.1, -0.05) is 35.9 Å². The molecule has 0 fully saturated rings. The molecule has 1 amide bonds. The van der Waals surface area contributed by atoms with Crippen LogP contribution >= 0.6 is 11.6 Å². The van der Waals surface area contributed by atoms with Gasteiger partial charge in [0.15, 0.2) is 5.82 Å². The van der Waals surface area contributed by atoms with E-state index in [0.29, 0.717) is 22.2 Å². The van der Waals surface area contributed by atoms with Crippen LogP contribution in [0.2, 0.25) is 5.02 Å². The third-order valence-corrected chi connectivity index (χ3v) is 6.43. The Morgan fingerprint density at radius 3 is 2.26 bits per heavy atom. The Bertz CT molecular complexity index is 1530. The van der Waals surface area contributed by atoms with E-state index in [1.165, 1.54) is 16.7 Å². The van der Waals surface area contributed by atoms with Gasteiger partial charge in [0.1, 0.15) is 12.3 Å². The second-order valence-electron chi connectivity index (χ2n) is 9.46. The molecule has 1 aromatic heterocycles. The third kappa shape index (κ3) is 6.51. The molecule has 39 heavy (non-hydrogen) atoms. The number of ether oxygens (including phenoxy) is 1. The van der Waals surface area contributed by atoms with Crippen molar-refractivity contribution in [1.82, 2.24) is 19.7 Å². The van der Waals surface area contributed by atoms with Gasteiger partial charge >= 0.3 is 11.9 Å². The molecule has 0 aliphatic heterocycles. The number of nitrogens with zero attached hydrogens (tertiary/aromatic N) is 3. The zero-order chi connectivity index (χ0) is 28.4. The van der Waals surface area contributed by atoms with Gasteiger partial charge in [0.2, 0.25) is 5.91 Å². The fraction of sp³-hybridized carbons (Fsp3) is 0.250. The first-order chi connectivity index (χ1) is 18.4. The Kier molecular flexibility index (Phi) is 7.87. The molecular formula is C28H26ClF3N4O3. The molecule has 0 saturated carbocycles. The predicted octanol–water partition coefficient (Wildman–Crippen LogP) is 5.49. The van der Waals surface area contributed by atoms with Crippen LogP contribution in [0.5, 0.6) is 5.75 Å². The normalized spacial score (nSPS) is 11.9. The van der Waals surface area contributed by atoms with E-state index in [4.69, 9.17) is 16.3 Å². The molecule has 0 aliphatic rings. The highest BCUT2D eigenvalue weighted by Crippen LogP contribution is 2.32. The zero-order valence-corrected chi connectivity index (χ0v) is 22.2. The van der Waals surface area contributed by atoms with Crippen molar-refractivity contribution in [2.45, 2.75) is 38.7 Å². The molecular weight excluding hydrogens is 533 g/mol. The van der Waals surface area contributed by atoms with E-state index >= 15 is 0 Å². The van der Waals surface area contributed by atoms with Crippen LogP contribution in [0.3, 0.4) is 0 Å². The molecule has 0 aliphatic carbocycles. The van der Waals surface area contributed by atoms with E-state index in [0.717, 1.165) is 22.4 Å². The number of alkyl halides is 3. The Morgan fingerprint density at radius 2 is 1.64 bits per heavy atom. The van der Waals surface area contributed by atoms with Gasteiger partial charge < -0.3 is 10.1 Å². The number of aromatic nitrogens is 3. The number of benzene rings is 3. The number of carbonyl (C=O) groups is 1. The summed E-state index contributed by atoms with van der Waals surface area (Å²) >= 11 is 6.03. The first kappa shape index (κ1) is 28.0. The van der Waals surface area contributed by atoms with Crippen molar-refractivity contribution in [2.24, 2.45) is 0 Å². The fourth-order valence-corrected chi connectivity index (χ4v) is 4.22. The van der Waals surface area contributed by atoms with Crippen molar-refractivity contribution < 1.29 is 22.7 Å². The van der Waals surface area contributed by atoms with E-state index in [-0.39, 0.29) is 12.1 Å². The minimum absolute atomic E-state index is 0.179. The third-order valence-electron chi connectivity index (χ3n) is 6.18. The van der Waals surface area contributed by atoms with E-state index in [9.17, 15) is 22.8 Å². The Hall–Kier alpha value is -4.05. The van der Waals surface area contributed by atoms with Crippen molar-refractivity contribution in [2.75, 3.05) is 7.11 Å². The number of amides is 1. The number of rotatable bonds is 8. The Labute approximate surface area is 227 Å². The Morgan fingerprint density at radius 1 is 1.00 bits per heavy atom. The first-order valence-corrected chi connectivity index (χ1v) is 12.3. The summed E-state index contributed by atoms with van der Waals surface area (Å²) in [5, 5.41) is 7.65. The van der Waals surface area contributed by atoms with Gasteiger partial charge in [0.25, 0.3) is 0 Å². The maximum Gasteiger partial charge on any atom is 0.416 e. The predicted molar refractivity (Wildman–Crippen MR) is 142 cm³/mol. The highest BCUT2D eigenvalue weighted by Gasteiger charge is 2.32. The van der Waals surface area contributed by atoms with Crippen LogP contribution in [0, 0.1) is 0 Å². The van der Waals surface area contributed by atoms with E-state index in [1.807, 2.05) is 12.1 Å². The lowest BCUT2D eigenvalue weighted by Gasteiger charge is -2.27. The number of halogens is 4. The second-order valence-corrected chi connectivity index (χ2v) is 9.89. The molecule has 0 atom stereocenters. The topological polar surface area (TPSA) is 78.2 Å². The van der Waals surface area contributed by atoms with E-state index in [1.54, 1.807) is 57.4 Å². The van der Waals surface area contributed by atoms with Gasteiger partial charge in [-0.05, 0) is 73.5 Å². The van der Waals surface area contributed by atoms with Gasteiger partial charge in [0, 0.05) is 10.6 Å². The van der Waals surface area contributed by atoms with Gasteiger partial charge in [-0.2, -0.15) is 13.2 Å². The summed E-state index contributed by atoms with van der Waals surface area (Å²) in [6.07, 6.45) is -4.52. The lowest BCUT2D eigenvalue weighted by molar-refractivity contribution is -0.137. The van der Waals surface area contributed by atoms with Crippen LogP contribution in [0.1, 0.15) is 30.5 Å². The summed E-state index contributed by atoms with van der Waals surface area (Å²) in [6, 6.07) is 18.7. The first-order valence-electron chi connectivity index (χ1n) is 11.9. The number of hydrogen-bond donors (Lipinski definition) is 1. The molecule has 1 heterocycles. The maximum atomic E-state index is 13.4. The van der Waals surface area contributed by atoms with Crippen LogP contribution in [0.25, 0.3) is 11.4 Å². The smallest absolute Gasteiger partial charge is 0.416 e. The summed E-state index contributed by atoms with van der Waals surface area (Å²) < 4.78 is 47.3. The molecule has 7 nitrogen and oxygen atoms in total. The van der Waals surface area contributed by atoms with Crippen molar-refractivity contribution in [3.63, 3.8) is 0 Å². The van der Waals surface area contributed by atoms with Gasteiger partial charge in [-0.25, -0.2) is 9.48 Å². The molecule has 204 valence electrons. The van der Waals surface area contributed by atoms with Crippen molar-refractivity contribution in [3.05, 3.63) is 105 Å². The summed E-state index contributed by atoms with van der Waals surface area (Å²) in [4.78, 5) is 26.4. The van der Waals surface area contributed by atoms with Crippen molar-refractivity contribution >= 4 is 17.5 Å². The summed E-state index contributed by atoms with van der Waals surface area (Å²) in [5.41, 5.74) is -0.792. The second kappa shape index (κ2) is 11.0.